The molecule has 27 heavy (non-hydrogen) atoms. The molecule has 0 aliphatic carbocycles. The topological polar surface area (TPSA) is 64.6 Å². The lowest BCUT2D eigenvalue weighted by molar-refractivity contribution is -0.118. The quantitative estimate of drug-likeness (QED) is 0.490. The van der Waals surface area contributed by atoms with Crippen LogP contribution in [-0.2, 0) is 16.0 Å². The zero-order valence-electron chi connectivity index (χ0n) is 16.0. The van der Waals surface area contributed by atoms with Gasteiger partial charge < -0.3 is 14.8 Å². The molecule has 5 heteroatoms. The van der Waals surface area contributed by atoms with E-state index in [2.05, 4.69) is 19.2 Å². The number of carbonyl (C=O) groups is 2. The van der Waals surface area contributed by atoms with Crippen molar-refractivity contribution in [3.8, 4) is 5.75 Å². The largest absolute Gasteiger partial charge is 0.484 e. The van der Waals surface area contributed by atoms with Gasteiger partial charge in [0.05, 0.1) is 12.2 Å². The van der Waals surface area contributed by atoms with Crippen molar-refractivity contribution in [2.24, 2.45) is 0 Å². The Morgan fingerprint density at radius 2 is 1.78 bits per heavy atom. The van der Waals surface area contributed by atoms with Gasteiger partial charge in [0, 0.05) is 5.69 Å². The lowest BCUT2D eigenvalue weighted by atomic mass is 10.2. The van der Waals surface area contributed by atoms with Crippen molar-refractivity contribution < 1.29 is 19.1 Å². The van der Waals surface area contributed by atoms with E-state index < -0.39 is 0 Å². The van der Waals surface area contributed by atoms with Crippen molar-refractivity contribution in [2.75, 3.05) is 18.5 Å². The number of hydrogen-bond donors (Lipinski definition) is 1. The van der Waals surface area contributed by atoms with Crippen molar-refractivity contribution in [2.45, 2.75) is 39.5 Å². The zero-order valence-corrected chi connectivity index (χ0v) is 16.0. The van der Waals surface area contributed by atoms with Crippen molar-refractivity contribution in [3.05, 3.63) is 59.7 Å². The molecule has 0 saturated carbocycles. The Kier molecular flexibility index (Phi) is 8.36. The summed E-state index contributed by atoms with van der Waals surface area (Å²) in [7, 11) is 0. The first-order valence-corrected chi connectivity index (χ1v) is 9.41. The number of benzene rings is 2. The van der Waals surface area contributed by atoms with E-state index in [4.69, 9.17) is 9.47 Å². The SMILES string of the molecule is CCCCCOC(=O)c1ccc(NC(=O)COc2cccc(CC)c2)cc1. The molecule has 1 amide bonds. The van der Waals surface area contributed by atoms with Crippen LogP contribution in [0.3, 0.4) is 0 Å². The molecule has 0 heterocycles. The number of unbranched alkanes of at least 4 members (excludes halogenated alkanes) is 2. The van der Waals surface area contributed by atoms with E-state index in [-0.39, 0.29) is 18.5 Å². The Morgan fingerprint density at radius 3 is 2.48 bits per heavy atom. The van der Waals surface area contributed by atoms with E-state index in [0.717, 1.165) is 31.2 Å². The van der Waals surface area contributed by atoms with Gasteiger partial charge in [0.2, 0.25) is 0 Å². The van der Waals surface area contributed by atoms with Crippen molar-refractivity contribution in [1.82, 2.24) is 0 Å². The summed E-state index contributed by atoms with van der Waals surface area (Å²) in [5.74, 6) is 0.0700. The minimum absolute atomic E-state index is 0.0750. The summed E-state index contributed by atoms with van der Waals surface area (Å²) in [6.45, 7) is 4.52. The molecule has 0 radical (unpaired) electrons. The first kappa shape index (κ1) is 20.5. The van der Waals surface area contributed by atoms with Crippen LogP contribution in [0.1, 0.15) is 49.0 Å². The highest BCUT2D eigenvalue weighted by molar-refractivity contribution is 5.93. The number of ether oxygens (including phenoxy) is 2. The van der Waals surface area contributed by atoms with Gasteiger partial charge in [0.15, 0.2) is 6.61 Å². The molecule has 2 aromatic carbocycles. The Bertz CT molecular complexity index is 740. The molecule has 0 unspecified atom stereocenters. The molecule has 2 aromatic rings. The molecule has 0 aliphatic heterocycles. The van der Waals surface area contributed by atoms with Gasteiger partial charge >= 0.3 is 5.97 Å². The Balaban J connectivity index is 1.79. The monoisotopic (exact) mass is 369 g/mol. The second kappa shape index (κ2) is 11.0. The van der Waals surface area contributed by atoms with Gasteiger partial charge in [-0.2, -0.15) is 0 Å². The summed E-state index contributed by atoms with van der Waals surface area (Å²) < 4.78 is 10.7. The van der Waals surface area contributed by atoms with Crippen LogP contribution in [0, 0.1) is 0 Å². The molecule has 0 aliphatic rings. The van der Waals surface area contributed by atoms with Gasteiger partial charge in [-0.3, -0.25) is 4.79 Å². The predicted molar refractivity (Wildman–Crippen MR) is 106 cm³/mol. The first-order valence-electron chi connectivity index (χ1n) is 9.41. The molecule has 5 nitrogen and oxygen atoms in total. The smallest absolute Gasteiger partial charge is 0.338 e. The van der Waals surface area contributed by atoms with E-state index in [1.54, 1.807) is 24.3 Å². The van der Waals surface area contributed by atoms with E-state index in [1.165, 1.54) is 0 Å². The number of anilines is 1. The van der Waals surface area contributed by atoms with Gasteiger partial charge in [0.25, 0.3) is 5.91 Å². The van der Waals surface area contributed by atoms with E-state index >= 15 is 0 Å². The number of aryl methyl sites for hydroxylation is 1. The molecule has 144 valence electrons. The lowest BCUT2D eigenvalue weighted by Gasteiger charge is -2.09. The van der Waals surface area contributed by atoms with Gasteiger partial charge in [-0.15, -0.1) is 0 Å². The maximum atomic E-state index is 12.0. The molecule has 0 spiro atoms. The van der Waals surface area contributed by atoms with E-state index in [0.29, 0.717) is 23.6 Å². The van der Waals surface area contributed by atoms with Crippen LogP contribution >= 0.6 is 0 Å². The second-order valence-electron chi connectivity index (χ2n) is 6.26. The fourth-order valence-corrected chi connectivity index (χ4v) is 2.49. The molecule has 0 saturated heterocycles. The van der Waals surface area contributed by atoms with Crippen LogP contribution in [0.5, 0.6) is 5.75 Å². The molecule has 2 rings (SSSR count). The maximum Gasteiger partial charge on any atom is 0.338 e. The van der Waals surface area contributed by atoms with Gasteiger partial charge in [-0.1, -0.05) is 38.8 Å². The van der Waals surface area contributed by atoms with Crippen LogP contribution in [0.2, 0.25) is 0 Å². The summed E-state index contributed by atoms with van der Waals surface area (Å²) >= 11 is 0. The van der Waals surface area contributed by atoms with Gasteiger partial charge in [-0.05, 0) is 54.8 Å². The number of hydrogen-bond acceptors (Lipinski definition) is 4. The third-order valence-corrected chi connectivity index (χ3v) is 4.06. The molecule has 1 N–H and O–H groups in total. The van der Waals surface area contributed by atoms with Crippen molar-refractivity contribution >= 4 is 17.6 Å². The molecule has 0 fully saturated rings. The standard InChI is InChI=1S/C22H27NO4/c1-3-5-6-14-26-22(25)18-10-12-19(13-11-18)23-21(24)16-27-20-9-7-8-17(4-2)15-20/h7-13,15H,3-6,14,16H2,1-2H3,(H,23,24). The molecular weight excluding hydrogens is 342 g/mol. The van der Waals surface area contributed by atoms with Crippen LogP contribution < -0.4 is 10.1 Å². The average Bonchev–Trinajstić information content (AvgIpc) is 2.70. The highest BCUT2D eigenvalue weighted by Crippen LogP contribution is 2.14. The second-order valence-corrected chi connectivity index (χ2v) is 6.26. The van der Waals surface area contributed by atoms with Crippen LogP contribution in [0.25, 0.3) is 0 Å². The molecule has 0 atom stereocenters. The molecule has 0 bridgehead atoms. The maximum absolute atomic E-state index is 12.0. The minimum atomic E-state index is -0.344. The zero-order chi connectivity index (χ0) is 19.5. The highest BCUT2D eigenvalue weighted by Gasteiger charge is 2.08. The van der Waals surface area contributed by atoms with Crippen molar-refractivity contribution in [1.29, 1.82) is 0 Å². The fraction of sp³-hybridized carbons (Fsp3) is 0.364. The highest BCUT2D eigenvalue weighted by atomic mass is 16.5. The lowest BCUT2D eigenvalue weighted by Crippen LogP contribution is -2.20. The third kappa shape index (κ3) is 7.13. The summed E-state index contributed by atoms with van der Waals surface area (Å²) in [6, 6.07) is 14.3. The van der Waals surface area contributed by atoms with Crippen molar-refractivity contribution in [3.63, 3.8) is 0 Å². The normalized spacial score (nSPS) is 10.3. The van der Waals surface area contributed by atoms with Gasteiger partial charge in [-0.25, -0.2) is 4.79 Å². The minimum Gasteiger partial charge on any atom is -0.484 e. The fourth-order valence-electron chi connectivity index (χ4n) is 2.49. The Labute approximate surface area is 160 Å². The summed E-state index contributed by atoms with van der Waals surface area (Å²) in [4.78, 5) is 24.0. The number of nitrogens with one attached hydrogen (secondary N) is 1. The van der Waals surface area contributed by atoms with Crippen LogP contribution in [-0.4, -0.2) is 25.1 Å². The average molecular weight is 369 g/mol. The summed E-state index contributed by atoms with van der Waals surface area (Å²) in [6.07, 6.45) is 3.91. The molecule has 0 aromatic heterocycles. The Hall–Kier alpha value is -2.82. The van der Waals surface area contributed by atoms with E-state index in [9.17, 15) is 9.59 Å². The summed E-state index contributed by atoms with van der Waals surface area (Å²) in [5.41, 5.74) is 2.23. The number of carbonyl (C=O) groups excluding carboxylic acids is 2. The summed E-state index contributed by atoms with van der Waals surface area (Å²) in [5, 5.41) is 2.75. The Morgan fingerprint density at radius 1 is 1.00 bits per heavy atom. The van der Waals surface area contributed by atoms with Crippen LogP contribution in [0.4, 0.5) is 5.69 Å². The predicted octanol–water partition coefficient (Wildman–Crippen LogP) is 4.61. The van der Waals surface area contributed by atoms with Crippen LogP contribution in [0.15, 0.2) is 48.5 Å². The number of rotatable bonds is 10. The number of amides is 1. The molecular formula is C22H27NO4. The first-order chi connectivity index (χ1) is 13.1. The van der Waals surface area contributed by atoms with Gasteiger partial charge in [0.1, 0.15) is 5.75 Å². The van der Waals surface area contributed by atoms with E-state index in [1.807, 2.05) is 24.3 Å². The number of esters is 1. The third-order valence-electron chi connectivity index (χ3n) is 4.06.